The summed E-state index contributed by atoms with van der Waals surface area (Å²) >= 11 is 1.35. The Morgan fingerprint density at radius 1 is 1.47 bits per heavy atom. The lowest BCUT2D eigenvalue weighted by Gasteiger charge is -2.21. The number of carboxylic acid groups (broad SMARTS) is 1. The molecule has 15 heavy (non-hydrogen) atoms. The highest BCUT2D eigenvalue weighted by Gasteiger charge is 2.23. The van der Waals surface area contributed by atoms with Crippen LogP contribution in [0.3, 0.4) is 0 Å². The van der Waals surface area contributed by atoms with Gasteiger partial charge in [0, 0.05) is 5.75 Å². The maximum atomic E-state index is 11.2. The van der Waals surface area contributed by atoms with Crippen molar-refractivity contribution in [1.29, 1.82) is 0 Å². The molecular formula is C9H17NO4S. The van der Waals surface area contributed by atoms with Crippen LogP contribution in [0.15, 0.2) is 0 Å². The third kappa shape index (κ3) is 7.07. The average molecular weight is 235 g/mol. The summed E-state index contributed by atoms with van der Waals surface area (Å²) in [5.74, 6) is -0.746. The number of nitrogens with one attached hydrogen (secondary N) is 1. The normalized spacial score (nSPS) is 13.1. The van der Waals surface area contributed by atoms with Gasteiger partial charge in [0.1, 0.15) is 11.6 Å². The maximum Gasteiger partial charge on any atom is 0.408 e. The Labute approximate surface area is 93.6 Å². The zero-order valence-electron chi connectivity index (χ0n) is 9.36. The van der Waals surface area contributed by atoms with Crippen LogP contribution in [0.1, 0.15) is 20.8 Å². The molecule has 6 heteroatoms. The van der Waals surface area contributed by atoms with E-state index in [0.717, 1.165) is 0 Å². The Bertz CT molecular complexity index is 237. The zero-order chi connectivity index (χ0) is 12.1. The molecule has 0 aromatic carbocycles. The van der Waals surface area contributed by atoms with Crippen molar-refractivity contribution >= 4 is 23.8 Å². The van der Waals surface area contributed by atoms with E-state index >= 15 is 0 Å². The first-order chi connectivity index (χ1) is 6.76. The third-order valence-corrected chi connectivity index (χ3v) is 1.99. The molecule has 0 aromatic rings. The number of ether oxygens (including phenoxy) is 1. The van der Waals surface area contributed by atoms with Gasteiger partial charge in [0.2, 0.25) is 0 Å². The second-order valence-corrected chi connectivity index (χ2v) is 4.90. The number of hydrogen-bond donors (Lipinski definition) is 2. The van der Waals surface area contributed by atoms with Gasteiger partial charge in [-0.25, -0.2) is 9.59 Å². The summed E-state index contributed by atoms with van der Waals surface area (Å²) < 4.78 is 4.94. The molecule has 0 aliphatic heterocycles. The number of aliphatic carboxylic acids is 1. The van der Waals surface area contributed by atoms with Crippen LogP contribution < -0.4 is 5.32 Å². The fourth-order valence-electron chi connectivity index (χ4n) is 0.791. The monoisotopic (exact) mass is 235 g/mol. The highest BCUT2D eigenvalue weighted by atomic mass is 32.2. The second-order valence-electron chi connectivity index (χ2n) is 3.99. The molecule has 0 radical (unpaired) electrons. The first kappa shape index (κ1) is 14.1. The van der Waals surface area contributed by atoms with Gasteiger partial charge in [0.05, 0.1) is 0 Å². The van der Waals surface area contributed by atoms with E-state index in [9.17, 15) is 9.59 Å². The van der Waals surface area contributed by atoms with Gasteiger partial charge in [-0.3, -0.25) is 0 Å². The number of hydrogen-bond acceptors (Lipinski definition) is 4. The van der Waals surface area contributed by atoms with Gasteiger partial charge in [-0.05, 0) is 27.0 Å². The molecule has 0 bridgehead atoms. The quantitative estimate of drug-likeness (QED) is 0.768. The van der Waals surface area contributed by atoms with Crippen LogP contribution in [0.4, 0.5) is 4.79 Å². The van der Waals surface area contributed by atoms with Gasteiger partial charge in [-0.15, -0.1) is 0 Å². The van der Waals surface area contributed by atoms with E-state index in [1.54, 1.807) is 27.0 Å². The highest BCUT2D eigenvalue weighted by molar-refractivity contribution is 7.98. The SMILES string of the molecule is CSC[C@@H](NC(=O)OC(C)(C)C)C(=O)O. The Hall–Kier alpha value is -0.910. The molecule has 1 atom stereocenters. The first-order valence-electron chi connectivity index (χ1n) is 4.47. The molecule has 0 saturated heterocycles. The van der Waals surface area contributed by atoms with E-state index in [1.165, 1.54) is 11.8 Å². The molecule has 5 nitrogen and oxygen atoms in total. The standard InChI is InChI=1S/C9H17NO4S/c1-9(2,3)14-8(13)10-6(5-15-4)7(11)12/h6H,5H2,1-4H3,(H,10,13)(H,11,12)/t6-/m1/s1. The lowest BCUT2D eigenvalue weighted by atomic mass is 10.2. The number of thioether (sulfide) groups is 1. The van der Waals surface area contributed by atoms with Crippen LogP contribution in [0, 0.1) is 0 Å². The van der Waals surface area contributed by atoms with E-state index in [2.05, 4.69) is 5.32 Å². The van der Waals surface area contributed by atoms with E-state index in [4.69, 9.17) is 9.84 Å². The van der Waals surface area contributed by atoms with Crippen molar-refractivity contribution in [2.24, 2.45) is 0 Å². The maximum absolute atomic E-state index is 11.2. The number of rotatable bonds is 4. The fraction of sp³-hybridized carbons (Fsp3) is 0.778. The van der Waals surface area contributed by atoms with E-state index < -0.39 is 23.7 Å². The van der Waals surface area contributed by atoms with E-state index in [1.807, 2.05) is 0 Å². The molecule has 0 heterocycles. The van der Waals surface area contributed by atoms with Crippen LogP contribution in [0.25, 0.3) is 0 Å². The van der Waals surface area contributed by atoms with Gasteiger partial charge >= 0.3 is 12.1 Å². The molecule has 0 spiro atoms. The minimum absolute atomic E-state index is 0.314. The number of alkyl carbamates (subject to hydrolysis) is 1. The van der Waals surface area contributed by atoms with Crippen LogP contribution in [0.2, 0.25) is 0 Å². The summed E-state index contributed by atoms with van der Waals surface area (Å²) in [5, 5.41) is 11.1. The minimum Gasteiger partial charge on any atom is -0.480 e. The molecule has 2 N–H and O–H groups in total. The topological polar surface area (TPSA) is 75.6 Å². The summed E-state index contributed by atoms with van der Waals surface area (Å²) in [7, 11) is 0. The molecule has 0 aliphatic carbocycles. The van der Waals surface area contributed by atoms with Crippen molar-refractivity contribution in [2.45, 2.75) is 32.4 Å². The van der Waals surface area contributed by atoms with E-state index in [-0.39, 0.29) is 0 Å². The summed E-state index contributed by atoms with van der Waals surface area (Å²) in [6.07, 6.45) is 1.07. The zero-order valence-corrected chi connectivity index (χ0v) is 10.2. The van der Waals surface area contributed by atoms with Crippen molar-refractivity contribution in [1.82, 2.24) is 5.32 Å². The summed E-state index contributed by atoms with van der Waals surface area (Å²) in [4.78, 5) is 21.9. The molecule has 0 unspecified atom stereocenters. The Morgan fingerprint density at radius 3 is 2.33 bits per heavy atom. The summed E-state index contributed by atoms with van der Waals surface area (Å²) in [6.45, 7) is 5.16. The lowest BCUT2D eigenvalue weighted by Crippen LogP contribution is -2.44. The largest absolute Gasteiger partial charge is 0.480 e. The van der Waals surface area contributed by atoms with E-state index in [0.29, 0.717) is 5.75 Å². The van der Waals surface area contributed by atoms with Crippen molar-refractivity contribution in [3.8, 4) is 0 Å². The first-order valence-corrected chi connectivity index (χ1v) is 5.87. The molecule has 0 aliphatic rings. The highest BCUT2D eigenvalue weighted by Crippen LogP contribution is 2.07. The molecule has 0 rings (SSSR count). The molecular weight excluding hydrogens is 218 g/mol. The molecule has 0 fully saturated rings. The smallest absolute Gasteiger partial charge is 0.408 e. The van der Waals surface area contributed by atoms with Crippen LogP contribution in [-0.4, -0.2) is 40.8 Å². The minimum atomic E-state index is -1.06. The number of amides is 1. The Kier molecular flexibility index (Phi) is 5.49. The lowest BCUT2D eigenvalue weighted by molar-refractivity contribution is -0.138. The van der Waals surface area contributed by atoms with Crippen molar-refractivity contribution in [3.63, 3.8) is 0 Å². The Morgan fingerprint density at radius 2 is 2.00 bits per heavy atom. The summed E-state index contributed by atoms with van der Waals surface area (Å²) in [6, 6.07) is -0.908. The number of carbonyl (C=O) groups excluding carboxylic acids is 1. The Balaban J connectivity index is 4.18. The molecule has 0 aromatic heterocycles. The number of carboxylic acids is 1. The fourth-order valence-corrected chi connectivity index (χ4v) is 1.35. The van der Waals surface area contributed by atoms with Crippen LogP contribution in [-0.2, 0) is 9.53 Å². The molecule has 1 amide bonds. The van der Waals surface area contributed by atoms with Crippen molar-refractivity contribution < 1.29 is 19.4 Å². The van der Waals surface area contributed by atoms with Crippen LogP contribution >= 0.6 is 11.8 Å². The average Bonchev–Trinajstić information content (AvgIpc) is 1.99. The third-order valence-electron chi connectivity index (χ3n) is 1.32. The predicted molar refractivity (Wildman–Crippen MR) is 59.2 cm³/mol. The van der Waals surface area contributed by atoms with Gasteiger partial charge in [-0.2, -0.15) is 11.8 Å². The summed E-state index contributed by atoms with van der Waals surface area (Å²) in [5.41, 5.74) is -0.619. The second kappa shape index (κ2) is 5.85. The van der Waals surface area contributed by atoms with Crippen molar-refractivity contribution in [3.05, 3.63) is 0 Å². The van der Waals surface area contributed by atoms with Gasteiger partial charge in [-0.1, -0.05) is 0 Å². The van der Waals surface area contributed by atoms with Crippen molar-refractivity contribution in [2.75, 3.05) is 12.0 Å². The molecule has 0 saturated carbocycles. The van der Waals surface area contributed by atoms with Gasteiger partial charge < -0.3 is 15.2 Å². The molecule has 88 valence electrons. The van der Waals surface area contributed by atoms with Gasteiger partial charge in [0.15, 0.2) is 0 Å². The van der Waals surface area contributed by atoms with Gasteiger partial charge in [0.25, 0.3) is 0 Å². The predicted octanol–water partition coefficient (Wildman–Crippen LogP) is 1.33. The number of carbonyl (C=O) groups is 2. The van der Waals surface area contributed by atoms with Crippen LogP contribution in [0.5, 0.6) is 0 Å².